The van der Waals surface area contributed by atoms with E-state index in [0.29, 0.717) is 24.1 Å². The number of hydrogen-bond donors (Lipinski definition) is 1. The lowest BCUT2D eigenvalue weighted by Crippen LogP contribution is -2.59. The Bertz CT molecular complexity index is 231. The lowest BCUT2D eigenvalue weighted by molar-refractivity contribution is 0.0302. The Labute approximate surface area is 113 Å². The molecule has 3 heteroatoms. The van der Waals surface area contributed by atoms with Crippen molar-refractivity contribution in [2.24, 2.45) is 11.8 Å². The number of rotatable bonds is 6. The van der Waals surface area contributed by atoms with Crippen molar-refractivity contribution in [3.63, 3.8) is 0 Å². The van der Waals surface area contributed by atoms with Crippen LogP contribution in [-0.4, -0.2) is 49.8 Å². The van der Waals surface area contributed by atoms with E-state index >= 15 is 0 Å². The van der Waals surface area contributed by atoms with Crippen LogP contribution in [0.4, 0.5) is 0 Å². The summed E-state index contributed by atoms with van der Waals surface area (Å²) in [5, 5.41) is 3.71. The summed E-state index contributed by atoms with van der Waals surface area (Å²) in [7, 11) is 1.81. The van der Waals surface area contributed by atoms with Gasteiger partial charge in [-0.2, -0.15) is 0 Å². The van der Waals surface area contributed by atoms with Crippen molar-refractivity contribution >= 4 is 0 Å². The summed E-state index contributed by atoms with van der Waals surface area (Å²) >= 11 is 0. The smallest absolute Gasteiger partial charge is 0.0670 e. The molecule has 0 aromatic carbocycles. The monoisotopic (exact) mass is 256 g/mol. The second kappa shape index (κ2) is 7.46. The van der Waals surface area contributed by atoms with Crippen LogP contribution in [0.2, 0.25) is 0 Å². The quantitative estimate of drug-likeness (QED) is 0.789. The molecule has 0 aliphatic carbocycles. The number of nitrogens with one attached hydrogen (secondary N) is 1. The predicted octanol–water partition coefficient (Wildman–Crippen LogP) is 2.37. The van der Waals surface area contributed by atoms with Gasteiger partial charge in [0, 0.05) is 38.8 Å². The number of nitrogens with zero attached hydrogens (tertiary/aromatic N) is 1. The summed E-state index contributed by atoms with van der Waals surface area (Å²) in [5.41, 5.74) is 0. The van der Waals surface area contributed by atoms with E-state index in [1.165, 1.54) is 6.42 Å². The van der Waals surface area contributed by atoms with Gasteiger partial charge >= 0.3 is 0 Å². The molecular formula is C15H32N2O. The summed E-state index contributed by atoms with van der Waals surface area (Å²) in [5.74, 6) is 1.46. The van der Waals surface area contributed by atoms with Gasteiger partial charge in [0.2, 0.25) is 0 Å². The normalized spacial score (nSPS) is 28.0. The summed E-state index contributed by atoms with van der Waals surface area (Å²) in [6.45, 7) is 14.7. The van der Waals surface area contributed by atoms with E-state index in [-0.39, 0.29) is 0 Å². The first-order valence-electron chi connectivity index (χ1n) is 7.44. The fourth-order valence-corrected chi connectivity index (χ4v) is 2.73. The van der Waals surface area contributed by atoms with Gasteiger partial charge in [0.05, 0.1) is 6.10 Å². The van der Waals surface area contributed by atoms with Crippen molar-refractivity contribution < 1.29 is 4.74 Å². The topological polar surface area (TPSA) is 24.5 Å². The molecule has 0 amide bonds. The second-order valence-electron chi connectivity index (χ2n) is 6.54. The summed E-state index contributed by atoms with van der Waals surface area (Å²) < 4.78 is 5.44. The third kappa shape index (κ3) is 4.87. The molecular weight excluding hydrogens is 224 g/mol. The standard InChI is InChI=1S/C15H32N2O/c1-11(2)7-14-8-16-15(12(3)4)10-17(14)9-13(5)18-6/h11-16H,7-10H2,1-6H3. The van der Waals surface area contributed by atoms with Gasteiger partial charge in [0.25, 0.3) is 0 Å². The molecule has 1 N–H and O–H groups in total. The molecule has 3 atom stereocenters. The molecule has 0 spiro atoms. The van der Waals surface area contributed by atoms with E-state index in [0.717, 1.165) is 25.6 Å². The molecule has 0 aromatic rings. The average molecular weight is 256 g/mol. The largest absolute Gasteiger partial charge is 0.380 e. The van der Waals surface area contributed by atoms with Gasteiger partial charge in [-0.05, 0) is 25.2 Å². The highest BCUT2D eigenvalue weighted by Crippen LogP contribution is 2.19. The number of piperazine rings is 1. The Morgan fingerprint density at radius 1 is 1.22 bits per heavy atom. The molecule has 1 aliphatic rings. The van der Waals surface area contributed by atoms with E-state index in [2.05, 4.69) is 44.8 Å². The molecule has 18 heavy (non-hydrogen) atoms. The third-order valence-electron chi connectivity index (χ3n) is 4.01. The number of hydrogen-bond acceptors (Lipinski definition) is 3. The molecule has 1 heterocycles. The maximum Gasteiger partial charge on any atom is 0.0670 e. The third-order valence-corrected chi connectivity index (χ3v) is 4.01. The predicted molar refractivity (Wildman–Crippen MR) is 77.9 cm³/mol. The van der Waals surface area contributed by atoms with Crippen LogP contribution in [0.25, 0.3) is 0 Å². The summed E-state index contributed by atoms with van der Waals surface area (Å²) in [6.07, 6.45) is 1.60. The van der Waals surface area contributed by atoms with E-state index in [1.54, 1.807) is 0 Å². The molecule has 1 saturated heterocycles. The second-order valence-corrected chi connectivity index (χ2v) is 6.54. The lowest BCUT2D eigenvalue weighted by Gasteiger charge is -2.43. The van der Waals surface area contributed by atoms with Crippen molar-refractivity contribution in [1.29, 1.82) is 0 Å². The van der Waals surface area contributed by atoms with Crippen molar-refractivity contribution in [3.05, 3.63) is 0 Å². The maximum absolute atomic E-state index is 5.44. The molecule has 1 fully saturated rings. The van der Waals surface area contributed by atoms with E-state index in [1.807, 2.05) is 7.11 Å². The highest BCUT2D eigenvalue weighted by Gasteiger charge is 2.30. The molecule has 0 saturated carbocycles. The molecule has 3 nitrogen and oxygen atoms in total. The fourth-order valence-electron chi connectivity index (χ4n) is 2.73. The molecule has 0 radical (unpaired) electrons. The highest BCUT2D eigenvalue weighted by molar-refractivity contribution is 4.88. The van der Waals surface area contributed by atoms with Crippen molar-refractivity contribution in [1.82, 2.24) is 10.2 Å². The first kappa shape index (κ1) is 15.9. The van der Waals surface area contributed by atoms with Crippen LogP contribution in [0.1, 0.15) is 41.0 Å². The van der Waals surface area contributed by atoms with Crippen LogP contribution >= 0.6 is 0 Å². The van der Waals surface area contributed by atoms with Crippen LogP contribution in [0.3, 0.4) is 0 Å². The Morgan fingerprint density at radius 2 is 1.89 bits per heavy atom. The first-order chi connectivity index (χ1) is 8.43. The summed E-state index contributed by atoms with van der Waals surface area (Å²) in [6, 6.07) is 1.29. The Hall–Kier alpha value is -0.120. The zero-order valence-corrected chi connectivity index (χ0v) is 13.1. The van der Waals surface area contributed by atoms with Crippen molar-refractivity contribution in [2.75, 3.05) is 26.7 Å². The van der Waals surface area contributed by atoms with Gasteiger partial charge in [-0.25, -0.2) is 0 Å². The van der Waals surface area contributed by atoms with Crippen molar-refractivity contribution in [3.8, 4) is 0 Å². The minimum atomic E-state index is 0.325. The fraction of sp³-hybridized carbons (Fsp3) is 1.00. The van der Waals surface area contributed by atoms with E-state index in [9.17, 15) is 0 Å². The SMILES string of the molecule is COC(C)CN1CC(C(C)C)NCC1CC(C)C. The van der Waals surface area contributed by atoms with Crippen LogP contribution in [-0.2, 0) is 4.74 Å². The molecule has 1 rings (SSSR count). The minimum Gasteiger partial charge on any atom is -0.380 e. The molecule has 108 valence electrons. The molecule has 0 bridgehead atoms. The maximum atomic E-state index is 5.44. The van der Waals surface area contributed by atoms with Crippen LogP contribution in [0.5, 0.6) is 0 Å². The number of methoxy groups -OCH3 is 1. The number of ether oxygens (including phenoxy) is 1. The van der Waals surface area contributed by atoms with Gasteiger partial charge in [0.1, 0.15) is 0 Å². The zero-order valence-electron chi connectivity index (χ0n) is 13.1. The lowest BCUT2D eigenvalue weighted by atomic mass is 9.95. The van der Waals surface area contributed by atoms with Gasteiger partial charge in [-0.3, -0.25) is 4.90 Å². The van der Waals surface area contributed by atoms with Crippen LogP contribution < -0.4 is 5.32 Å². The van der Waals surface area contributed by atoms with E-state index in [4.69, 9.17) is 4.74 Å². The van der Waals surface area contributed by atoms with Crippen LogP contribution in [0, 0.1) is 11.8 Å². The van der Waals surface area contributed by atoms with Crippen LogP contribution in [0.15, 0.2) is 0 Å². The molecule has 0 aromatic heterocycles. The Morgan fingerprint density at radius 3 is 2.39 bits per heavy atom. The van der Waals surface area contributed by atoms with E-state index < -0.39 is 0 Å². The zero-order chi connectivity index (χ0) is 13.7. The van der Waals surface area contributed by atoms with Gasteiger partial charge < -0.3 is 10.1 Å². The highest BCUT2D eigenvalue weighted by atomic mass is 16.5. The average Bonchev–Trinajstić information content (AvgIpc) is 2.30. The van der Waals surface area contributed by atoms with Gasteiger partial charge in [0.15, 0.2) is 0 Å². The van der Waals surface area contributed by atoms with Gasteiger partial charge in [-0.15, -0.1) is 0 Å². The van der Waals surface area contributed by atoms with Crippen molar-refractivity contribution in [2.45, 2.75) is 59.2 Å². The summed E-state index contributed by atoms with van der Waals surface area (Å²) in [4.78, 5) is 2.63. The molecule has 3 unspecified atom stereocenters. The first-order valence-corrected chi connectivity index (χ1v) is 7.44. The Balaban J connectivity index is 2.60. The molecule has 1 aliphatic heterocycles. The van der Waals surface area contributed by atoms with Gasteiger partial charge in [-0.1, -0.05) is 27.7 Å². The minimum absolute atomic E-state index is 0.325. The Kier molecular flexibility index (Phi) is 6.61.